The molecule has 3 aromatic heterocycles. The van der Waals surface area contributed by atoms with Crippen molar-refractivity contribution in [3.63, 3.8) is 0 Å². The van der Waals surface area contributed by atoms with Gasteiger partial charge in [-0.15, -0.1) is 11.3 Å². The first-order chi connectivity index (χ1) is 8.27. The van der Waals surface area contributed by atoms with E-state index in [-0.39, 0.29) is 5.69 Å². The molecule has 0 unspecified atom stereocenters. The first kappa shape index (κ1) is 9.98. The normalized spacial score (nSPS) is 10.8. The predicted octanol–water partition coefficient (Wildman–Crippen LogP) is 2.16. The van der Waals surface area contributed by atoms with Gasteiger partial charge in [-0.25, -0.2) is 9.78 Å². The van der Waals surface area contributed by atoms with Crippen molar-refractivity contribution in [2.45, 2.75) is 0 Å². The Labute approximate surface area is 100 Å². The predicted molar refractivity (Wildman–Crippen MR) is 63.3 cm³/mol. The van der Waals surface area contributed by atoms with Gasteiger partial charge in [-0.2, -0.15) is 0 Å². The Balaban J connectivity index is 2.30. The smallest absolute Gasteiger partial charge is 0.354 e. The van der Waals surface area contributed by atoms with E-state index in [0.29, 0.717) is 4.96 Å². The fourth-order valence-corrected chi connectivity index (χ4v) is 2.56. The van der Waals surface area contributed by atoms with Crippen LogP contribution in [0.25, 0.3) is 16.2 Å². The minimum atomic E-state index is -0.980. The minimum absolute atomic E-state index is 0.174. The van der Waals surface area contributed by atoms with Crippen LogP contribution in [-0.2, 0) is 0 Å². The molecule has 0 aliphatic carbocycles. The summed E-state index contributed by atoms with van der Waals surface area (Å²) in [5.41, 5.74) is 1.92. The first-order valence-electron chi connectivity index (χ1n) is 4.86. The van der Waals surface area contributed by atoms with E-state index in [1.807, 2.05) is 17.5 Å². The van der Waals surface area contributed by atoms with E-state index < -0.39 is 5.97 Å². The summed E-state index contributed by atoms with van der Waals surface area (Å²) in [7, 11) is 0. The summed E-state index contributed by atoms with van der Waals surface area (Å²) in [6.45, 7) is 0. The van der Waals surface area contributed by atoms with Crippen molar-refractivity contribution in [1.82, 2.24) is 14.4 Å². The van der Waals surface area contributed by atoms with E-state index in [4.69, 9.17) is 5.11 Å². The number of rotatable bonds is 2. The van der Waals surface area contributed by atoms with Gasteiger partial charge in [0.1, 0.15) is 0 Å². The van der Waals surface area contributed by atoms with E-state index in [1.165, 1.54) is 17.5 Å². The molecule has 3 rings (SSSR count). The van der Waals surface area contributed by atoms with Crippen molar-refractivity contribution in [3.05, 3.63) is 41.8 Å². The minimum Gasteiger partial charge on any atom is -0.477 e. The highest BCUT2D eigenvalue weighted by atomic mass is 32.1. The molecule has 0 spiro atoms. The average molecular weight is 245 g/mol. The lowest BCUT2D eigenvalue weighted by atomic mass is 10.2. The van der Waals surface area contributed by atoms with E-state index in [0.717, 1.165) is 11.3 Å². The summed E-state index contributed by atoms with van der Waals surface area (Å²) in [5, 5.41) is 11.0. The molecular formula is C11H7N3O2S. The molecule has 0 radical (unpaired) electrons. The fourth-order valence-electron chi connectivity index (χ4n) is 1.68. The maximum Gasteiger partial charge on any atom is 0.354 e. The highest BCUT2D eigenvalue weighted by Crippen LogP contribution is 2.26. The quantitative estimate of drug-likeness (QED) is 0.751. The Bertz CT molecular complexity index is 687. The van der Waals surface area contributed by atoms with Gasteiger partial charge in [0.2, 0.25) is 0 Å². The Morgan fingerprint density at radius 3 is 2.82 bits per heavy atom. The summed E-state index contributed by atoms with van der Waals surface area (Å²) in [4.78, 5) is 19.8. The molecule has 84 valence electrons. The number of hydrogen-bond acceptors (Lipinski definition) is 4. The molecule has 0 saturated carbocycles. The van der Waals surface area contributed by atoms with Gasteiger partial charge in [0.05, 0.1) is 11.9 Å². The van der Waals surface area contributed by atoms with Gasteiger partial charge in [-0.3, -0.25) is 9.38 Å². The van der Waals surface area contributed by atoms with Crippen molar-refractivity contribution in [2.24, 2.45) is 0 Å². The standard InChI is InChI=1S/C11H7N3O2S/c15-10(16)8-5-13-11-14(8)9(6-17-11)7-1-3-12-4-2-7/h1-6H,(H,15,16). The number of carbonyl (C=O) groups is 1. The van der Waals surface area contributed by atoms with Gasteiger partial charge < -0.3 is 5.11 Å². The number of fused-ring (bicyclic) bond motifs is 1. The first-order valence-corrected chi connectivity index (χ1v) is 5.74. The Kier molecular flexibility index (Phi) is 2.15. The third-order valence-corrected chi connectivity index (χ3v) is 3.28. The summed E-state index contributed by atoms with van der Waals surface area (Å²) < 4.78 is 1.64. The lowest BCUT2D eigenvalue weighted by molar-refractivity contribution is 0.0689. The molecule has 0 aliphatic heterocycles. The molecule has 0 saturated heterocycles. The molecule has 0 aromatic carbocycles. The monoisotopic (exact) mass is 245 g/mol. The molecule has 17 heavy (non-hydrogen) atoms. The zero-order chi connectivity index (χ0) is 11.8. The summed E-state index contributed by atoms with van der Waals surface area (Å²) in [6.07, 6.45) is 4.73. The summed E-state index contributed by atoms with van der Waals surface area (Å²) >= 11 is 1.42. The molecule has 1 N–H and O–H groups in total. The maximum absolute atomic E-state index is 11.1. The van der Waals surface area contributed by atoms with Gasteiger partial charge in [0.15, 0.2) is 10.7 Å². The van der Waals surface area contributed by atoms with Crippen molar-refractivity contribution < 1.29 is 9.90 Å². The molecule has 0 atom stereocenters. The van der Waals surface area contributed by atoms with Crippen LogP contribution in [-0.4, -0.2) is 25.4 Å². The van der Waals surface area contributed by atoms with Crippen LogP contribution in [0.5, 0.6) is 0 Å². The number of pyridine rings is 1. The molecule has 5 nitrogen and oxygen atoms in total. The van der Waals surface area contributed by atoms with E-state index >= 15 is 0 Å². The van der Waals surface area contributed by atoms with E-state index in [1.54, 1.807) is 16.8 Å². The average Bonchev–Trinajstić information content (AvgIpc) is 2.90. The number of imidazole rings is 1. The second kappa shape index (κ2) is 3.67. The SMILES string of the molecule is O=C(O)c1cnc2scc(-c3ccncc3)n12. The lowest BCUT2D eigenvalue weighted by Gasteiger charge is -2.00. The molecule has 3 aromatic rings. The number of aromatic nitrogens is 3. The van der Waals surface area contributed by atoms with Crippen LogP contribution >= 0.6 is 11.3 Å². The van der Waals surface area contributed by atoms with Gasteiger partial charge in [-0.1, -0.05) is 0 Å². The van der Waals surface area contributed by atoms with Crippen LogP contribution in [0, 0.1) is 0 Å². The molecular weight excluding hydrogens is 238 g/mol. The topological polar surface area (TPSA) is 67.5 Å². The number of hydrogen-bond donors (Lipinski definition) is 1. The van der Waals surface area contributed by atoms with Crippen LogP contribution in [0.3, 0.4) is 0 Å². The van der Waals surface area contributed by atoms with Crippen molar-refractivity contribution in [3.8, 4) is 11.3 Å². The Hall–Kier alpha value is -2.21. The van der Waals surface area contributed by atoms with Crippen molar-refractivity contribution in [2.75, 3.05) is 0 Å². The molecule has 0 aliphatic rings. The van der Waals surface area contributed by atoms with Crippen LogP contribution in [0.15, 0.2) is 36.1 Å². The van der Waals surface area contributed by atoms with Crippen molar-refractivity contribution in [1.29, 1.82) is 0 Å². The second-order valence-electron chi connectivity index (χ2n) is 3.42. The fraction of sp³-hybridized carbons (Fsp3) is 0. The van der Waals surface area contributed by atoms with Crippen molar-refractivity contribution >= 4 is 22.3 Å². The number of thiazole rings is 1. The van der Waals surface area contributed by atoms with E-state index in [9.17, 15) is 4.79 Å². The van der Waals surface area contributed by atoms with Gasteiger partial charge in [-0.05, 0) is 12.1 Å². The van der Waals surface area contributed by atoms with Gasteiger partial charge >= 0.3 is 5.97 Å². The highest BCUT2D eigenvalue weighted by Gasteiger charge is 2.15. The van der Waals surface area contributed by atoms with Crippen LogP contribution in [0.4, 0.5) is 0 Å². The Morgan fingerprint density at radius 1 is 1.35 bits per heavy atom. The molecule has 0 fully saturated rings. The molecule has 0 bridgehead atoms. The van der Waals surface area contributed by atoms with Crippen LogP contribution in [0.1, 0.15) is 10.5 Å². The maximum atomic E-state index is 11.1. The third kappa shape index (κ3) is 1.50. The highest BCUT2D eigenvalue weighted by molar-refractivity contribution is 7.15. The molecule has 6 heteroatoms. The number of carboxylic acid groups (broad SMARTS) is 1. The van der Waals surface area contributed by atoms with Crippen LogP contribution < -0.4 is 0 Å². The second-order valence-corrected chi connectivity index (χ2v) is 4.26. The summed E-state index contributed by atoms with van der Waals surface area (Å²) in [5.74, 6) is -0.980. The largest absolute Gasteiger partial charge is 0.477 e. The van der Waals surface area contributed by atoms with E-state index in [2.05, 4.69) is 9.97 Å². The number of carboxylic acids is 1. The summed E-state index contributed by atoms with van der Waals surface area (Å²) in [6, 6.07) is 3.68. The van der Waals surface area contributed by atoms with Gasteiger partial charge in [0, 0.05) is 23.3 Å². The number of aromatic carboxylic acids is 1. The van der Waals surface area contributed by atoms with Gasteiger partial charge in [0.25, 0.3) is 0 Å². The third-order valence-electron chi connectivity index (χ3n) is 2.44. The zero-order valence-electron chi connectivity index (χ0n) is 8.57. The Morgan fingerprint density at radius 2 is 2.12 bits per heavy atom. The molecule has 0 amide bonds. The zero-order valence-corrected chi connectivity index (χ0v) is 9.39. The van der Waals surface area contributed by atoms with Crippen LogP contribution in [0.2, 0.25) is 0 Å². The molecule has 3 heterocycles. The lowest BCUT2D eigenvalue weighted by Crippen LogP contribution is -2.01. The number of nitrogens with zero attached hydrogens (tertiary/aromatic N) is 3.